The lowest BCUT2D eigenvalue weighted by molar-refractivity contribution is -0.132. The van der Waals surface area contributed by atoms with E-state index >= 15 is 0 Å². The van der Waals surface area contributed by atoms with Gasteiger partial charge in [-0.25, -0.2) is 0 Å². The van der Waals surface area contributed by atoms with Crippen LogP contribution in [-0.4, -0.2) is 87.0 Å². The van der Waals surface area contributed by atoms with Crippen LogP contribution < -0.4 is 14.8 Å². The minimum Gasteiger partial charge on any atom is -0.493 e. The van der Waals surface area contributed by atoms with Gasteiger partial charge in [0.05, 0.1) is 27.3 Å². The maximum absolute atomic E-state index is 12.8. The monoisotopic (exact) mass is 454 g/mol. The van der Waals surface area contributed by atoms with Gasteiger partial charge in [0.2, 0.25) is 11.8 Å². The highest BCUT2D eigenvalue weighted by molar-refractivity contribution is 5.78. The van der Waals surface area contributed by atoms with Crippen LogP contribution >= 0.6 is 0 Å². The summed E-state index contributed by atoms with van der Waals surface area (Å²) in [4.78, 5) is 31.0. The molecule has 2 aromatic rings. The van der Waals surface area contributed by atoms with Crippen LogP contribution in [0.2, 0.25) is 0 Å². The third-order valence-corrected chi connectivity index (χ3v) is 5.84. The first-order chi connectivity index (χ1) is 16.0. The molecule has 1 saturated heterocycles. The van der Waals surface area contributed by atoms with Crippen LogP contribution in [0.1, 0.15) is 11.1 Å². The van der Waals surface area contributed by atoms with Gasteiger partial charge in [-0.15, -0.1) is 0 Å². The lowest BCUT2D eigenvalue weighted by atomic mass is 10.1. The van der Waals surface area contributed by atoms with Crippen molar-refractivity contribution in [1.29, 1.82) is 0 Å². The van der Waals surface area contributed by atoms with Crippen LogP contribution in [0.5, 0.6) is 11.5 Å². The molecule has 0 spiro atoms. The second-order valence-corrected chi connectivity index (χ2v) is 8.22. The van der Waals surface area contributed by atoms with Gasteiger partial charge in [0.1, 0.15) is 0 Å². The molecule has 1 aliphatic rings. The van der Waals surface area contributed by atoms with E-state index in [-0.39, 0.29) is 11.8 Å². The van der Waals surface area contributed by atoms with Crippen molar-refractivity contribution < 1.29 is 19.1 Å². The van der Waals surface area contributed by atoms with Crippen LogP contribution in [-0.2, 0) is 22.7 Å². The molecule has 8 heteroatoms. The number of carbonyl (C=O) groups is 2. The molecule has 178 valence electrons. The zero-order valence-corrected chi connectivity index (χ0v) is 19.8. The quantitative estimate of drug-likeness (QED) is 0.588. The van der Waals surface area contributed by atoms with E-state index in [2.05, 4.69) is 15.1 Å². The molecule has 8 nitrogen and oxygen atoms in total. The summed E-state index contributed by atoms with van der Waals surface area (Å²) in [5.41, 5.74) is 1.99. The highest BCUT2D eigenvalue weighted by Gasteiger charge is 2.22. The summed E-state index contributed by atoms with van der Waals surface area (Å²) in [6.45, 7) is 4.77. The van der Waals surface area contributed by atoms with Crippen LogP contribution in [0.3, 0.4) is 0 Å². The minimum atomic E-state index is 0.0235. The second-order valence-electron chi connectivity index (χ2n) is 8.22. The number of benzene rings is 2. The average molecular weight is 455 g/mol. The van der Waals surface area contributed by atoms with Gasteiger partial charge < -0.3 is 19.7 Å². The van der Waals surface area contributed by atoms with Gasteiger partial charge in [0.25, 0.3) is 0 Å². The van der Waals surface area contributed by atoms with Crippen molar-refractivity contribution in [1.82, 2.24) is 20.0 Å². The van der Waals surface area contributed by atoms with Gasteiger partial charge in [-0.05, 0) is 11.6 Å². The van der Waals surface area contributed by atoms with Gasteiger partial charge in [-0.2, -0.15) is 0 Å². The third kappa shape index (κ3) is 7.20. The number of methoxy groups -OCH3 is 2. The maximum Gasteiger partial charge on any atom is 0.236 e. The standard InChI is InChI=1S/C25H34N4O4/c1-27(17-21-10-7-11-22(32-2)25(21)33-3)24(31)19-29-14-12-28(13-15-29)18-23(30)26-16-20-8-5-4-6-9-20/h4-11H,12-19H2,1-3H3,(H,26,30). The molecule has 2 amide bonds. The Balaban J connectivity index is 1.40. The van der Waals surface area contributed by atoms with Crippen molar-refractivity contribution in [3.63, 3.8) is 0 Å². The summed E-state index contributed by atoms with van der Waals surface area (Å²) in [7, 11) is 5.00. The van der Waals surface area contributed by atoms with Crippen molar-refractivity contribution in [2.75, 3.05) is 60.5 Å². The minimum absolute atomic E-state index is 0.0235. The number of piperazine rings is 1. The molecule has 3 rings (SSSR count). The molecule has 1 aliphatic heterocycles. The van der Waals surface area contributed by atoms with Crippen LogP contribution in [0.15, 0.2) is 48.5 Å². The molecule has 0 atom stereocenters. The lowest BCUT2D eigenvalue weighted by Crippen LogP contribution is -2.51. The first-order valence-electron chi connectivity index (χ1n) is 11.2. The van der Waals surface area contributed by atoms with E-state index in [1.165, 1.54) is 0 Å². The van der Waals surface area contributed by atoms with Gasteiger partial charge in [-0.1, -0.05) is 42.5 Å². The van der Waals surface area contributed by atoms with Crippen molar-refractivity contribution >= 4 is 11.8 Å². The van der Waals surface area contributed by atoms with E-state index in [0.29, 0.717) is 37.7 Å². The zero-order valence-electron chi connectivity index (χ0n) is 19.8. The van der Waals surface area contributed by atoms with E-state index in [0.717, 1.165) is 37.3 Å². The Kier molecular flexibility index (Phi) is 9.09. The summed E-state index contributed by atoms with van der Waals surface area (Å²) < 4.78 is 10.8. The number of amides is 2. The lowest BCUT2D eigenvalue weighted by Gasteiger charge is -2.34. The topological polar surface area (TPSA) is 74.4 Å². The Morgan fingerprint density at radius 3 is 2.21 bits per heavy atom. The Labute approximate surface area is 196 Å². The molecule has 2 aromatic carbocycles. The second kappa shape index (κ2) is 12.2. The summed E-state index contributed by atoms with van der Waals surface area (Å²) in [5.74, 6) is 1.38. The number of ether oxygens (including phenoxy) is 2. The van der Waals surface area contributed by atoms with E-state index < -0.39 is 0 Å². The first kappa shape index (κ1) is 24.5. The fraction of sp³-hybridized carbons (Fsp3) is 0.440. The molecule has 1 fully saturated rings. The average Bonchev–Trinajstić information content (AvgIpc) is 2.84. The van der Waals surface area contributed by atoms with Gasteiger partial charge in [-0.3, -0.25) is 19.4 Å². The SMILES string of the molecule is COc1cccc(CN(C)C(=O)CN2CCN(CC(=O)NCc3ccccc3)CC2)c1OC. The highest BCUT2D eigenvalue weighted by Crippen LogP contribution is 2.31. The third-order valence-electron chi connectivity index (χ3n) is 5.84. The zero-order chi connectivity index (χ0) is 23.6. The summed E-state index contributed by atoms with van der Waals surface area (Å²) in [6, 6.07) is 15.6. The predicted molar refractivity (Wildman–Crippen MR) is 127 cm³/mol. The highest BCUT2D eigenvalue weighted by atomic mass is 16.5. The number of nitrogens with zero attached hydrogens (tertiary/aromatic N) is 3. The van der Waals surface area contributed by atoms with E-state index in [1.807, 2.05) is 48.5 Å². The number of hydrogen-bond donors (Lipinski definition) is 1. The molecule has 0 aromatic heterocycles. The molecular weight excluding hydrogens is 420 g/mol. The number of carbonyl (C=O) groups excluding carboxylic acids is 2. The Bertz CT molecular complexity index is 914. The predicted octanol–water partition coefficient (Wildman–Crippen LogP) is 1.60. The summed E-state index contributed by atoms with van der Waals surface area (Å²) in [5, 5.41) is 2.97. The Hall–Kier alpha value is -3.10. The fourth-order valence-corrected chi connectivity index (χ4v) is 3.89. The van der Waals surface area contributed by atoms with Crippen LogP contribution in [0.4, 0.5) is 0 Å². The normalized spacial score (nSPS) is 14.5. The molecule has 0 saturated carbocycles. The molecule has 0 radical (unpaired) electrons. The van der Waals surface area contributed by atoms with Crippen molar-refractivity contribution in [2.45, 2.75) is 13.1 Å². The number of hydrogen-bond acceptors (Lipinski definition) is 6. The largest absolute Gasteiger partial charge is 0.493 e. The number of rotatable bonds is 10. The first-order valence-corrected chi connectivity index (χ1v) is 11.2. The van der Waals surface area contributed by atoms with Crippen molar-refractivity contribution in [3.8, 4) is 11.5 Å². The Morgan fingerprint density at radius 2 is 1.58 bits per heavy atom. The molecule has 33 heavy (non-hydrogen) atoms. The van der Waals surface area contributed by atoms with Gasteiger partial charge in [0, 0.05) is 51.9 Å². The summed E-state index contributed by atoms with van der Waals surface area (Å²) in [6.07, 6.45) is 0. The summed E-state index contributed by atoms with van der Waals surface area (Å²) >= 11 is 0. The van der Waals surface area contributed by atoms with Crippen LogP contribution in [0, 0.1) is 0 Å². The number of likely N-dealkylation sites (N-methyl/N-ethyl adjacent to an activating group) is 1. The molecule has 0 aliphatic carbocycles. The van der Waals surface area contributed by atoms with E-state index in [4.69, 9.17) is 9.47 Å². The molecule has 0 bridgehead atoms. The maximum atomic E-state index is 12.8. The van der Waals surface area contributed by atoms with Gasteiger partial charge >= 0.3 is 0 Å². The van der Waals surface area contributed by atoms with Crippen molar-refractivity contribution in [2.24, 2.45) is 0 Å². The Morgan fingerprint density at radius 1 is 0.909 bits per heavy atom. The molecule has 1 heterocycles. The smallest absolute Gasteiger partial charge is 0.236 e. The van der Waals surface area contributed by atoms with E-state index in [9.17, 15) is 9.59 Å². The number of nitrogens with one attached hydrogen (secondary N) is 1. The molecular formula is C25H34N4O4. The van der Waals surface area contributed by atoms with Gasteiger partial charge in [0.15, 0.2) is 11.5 Å². The molecule has 1 N–H and O–H groups in total. The molecule has 0 unspecified atom stereocenters. The van der Waals surface area contributed by atoms with Crippen LogP contribution in [0.25, 0.3) is 0 Å². The van der Waals surface area contributed by atoms with E-state index in [1.54, 1.807) is 26.2 Å². The van der Waals surface area contributed by atoms with Crippen molar-refractivity contribution in [3.05, 3.63) is 59.7 Å². The number of para-hydroxylation sites is 1. The fourth-order valence-electron chi connectivity index (χ4n) is 3.89.